The highest BCUT2D eigenvalue weighted by Gasteiger charge is 2.19. The van der Waals surface area contributed by atoms with Gasteiger partial charge in [0.1, 0.15) is 11.6 Å². The van der Waals surface area contributed by atoms with Gasteiger partial charge in [0, 0.05) is 32.2 Å². The average Bonchev–Trinajstić information content (AvgIpc) is 2.40. The molecular formula is C16H23FN2O2. The van der Waals surface area contributed by atoms with Gasteiger partial charge in [0.05, 0.1) is 18.2 Å². The van der Waals surface area contributed by atoms with Gasteiger partial charge in [-0.25, -0.2) is 4.39 Å². The zero-order chi connectivity index (χ0) is 15.4. The summed E-state index contributed by atoms with van der Waals surface area (Å²) in [5.41, 5.74) is 0.144. The van der Waals surface area contributed by atoms with E-state index in [0.29, 0.717) is 5.75 Å². The lowest BCUT2D eigenvalue weighted by Crippen LogP contribution is -2.46. The van der Waals surface area contributed by atoms with Gasteiger partial charge in [0.25, 0.3) is 0 Å². The number of hydrogen-bond acceptors (Lipinski definition) is 4. The van der Waals surface area contributed by atoms with E-state index < -0.39 is 5.82 Å². The highest BCUT2D eigenvalue weighted by molar-refractivity contribution is 5.98. The lowest BCUT2D eigenvalue weighted by Gasteiger charge is -2.31. The van der Waals surface area contributed by atoms with Crippen LogP contribution in [0, 0.1) is 5.82 Å². The number of piperazine rings is 1. The first-order valence-electron chi connectivity index (χ1n) is 7.36. The minimum absolute atomic E-state index is 0.0173. The summed E-state index contributed by atoms with van der Waals surface area (Å²) in [5.74, 6) is -0.223. The predicted octanol–water partition coefficient (Wildman–Crippen LogP) is 2.04. The zero-order valence-electron chi connectivity index (χ0n) is 12.9. The van der Waals surface area contributed by atoms with Crippen LogP contribution in [0.25, 0.3) is 0 Å². The van der Waals surface area contributed by atoms with Crippen LogP contribution in [0.2, 0.25) is 0 Å². The molecule has 0 amide bonds. The summed E-state index contributed by atoms with van der Waals surface area (Å²) in [6.07, 6.45) is -0.0173. The molecular weight excluding hydrogens is 271 g/mol. The molecule has 1 aromatic rings. The fourth-order valence-corrected chi connectivity index (χ4v) is 2.36. The summed E-state index contributed by atoms with van der Waals surface area (Å²) in [7, 11) is 2.06. The minimum atomic E-state index is -0.507. The van der Waals surface area contributed by atoms with Crippen molar-refractivity contribution in [2.45, 2.75) is 20.0 Å². The molecule has 1 aliphatic heterocycles. The zero-order valence-corrected chi connectivity index (χ0v) is 12.9. The average molecular weight is 294 g/mol. The Kier molecular flexibility index (Phi) is 5.31. The quantitative estimate of drug-likeness (QED) is 0.778. The first kappa shape index (κ1) is 15.9. The van der Waals surface area contributed by atoms with Gasteiger partial charge in [-0.1, -0.05) is 0 Å². The molecule has 116 valence electrons. The predicted molar refractivity (Wildman–Crippen MR) is 80.4 cm³/mol. The van der Waals surface area contributed by atoms with Gasteiger partial charge < -0.3 is 9.64 Å². The molecule has 0 radical (unpaired) electrons. The standard InChI is InChI=1S/C16H23FN2O2/c1-12(2)21-13-4-5-14(15(17)10-13)16(20)11-19-8-6-18(3)7-9-19/h4-5,10,12H,6-9,11H2,1-3H3. The lowest BCUT2D eigenvalue weighted by molar-refractivity contribution is 0.0872. The van der Waals surface area contributed by atoms with E-state index >= 15 is 0 Å². The monoisotopic (exact) mass is 294 g/mol. The Bertz CT molecular complexity index is 497. The van der Waals surface area contributed by atoms with Gasteiger partial charge in [0.2, 0.25) is 0 Å². The van der Waals surface area contributed by atoms with E-state index in [1.807, 2.05) is 13.8 Å². The Morgan fingerprint density at radius 1 is 1.29 bits per heavy atom. The molecule has 1 heterocycles. The van der Waals surface area contributed by atoms with Crippen molar-refractivity contribution in [3.05, 3.63) is 29.6 Å². The number of carbonyl (C=O) groups excluding carboxylic acids is 1. The van der Waals surface area contributed by atoms with Crippen molar-refractivity contribution in [2.24, 2.45) is 0 Å². The first-order valence-corrected chi connectivity index (χ1v) is 7.36. The Hall–Kier alpha value is -1.46. The summed E-state index contributed by atoms with van der Waals surface area (Å²) >= 11 is 0. The molecule has 1 saturated heterocycles. The van der Waals surface area contributed by atoms with Crippen molar-refractivity contribution in [1.82, 2.24) is 9.80 Å². The Balaban J connectivity index is 1.99. The summed E-state index contributed by atoms with van der Waals surface area (Å²) < 4.78 is 19.5. The molecule has 0 spiro atoms. The Morgan fingerprint density at radius 2 is 1.95 bits per heavy atom. The van der Waals surface area contributed by atoms with E-state index in [1.165, 1.54) is 12.1 Å². The van der Waals surface area contributed by atoms with E-state index in [2.05, 4.69) is 16.8 Å². The first-order chi connectivity index (χ1) is 9.95. The van der Waals surface area contributed by atoms with Crippen LogP contribution in [0.5, 0.6) is 5.75 Å². The third kappa shape index (κ3) is 4.51. The largest absolute Gasteiger partial charge is 0.491 e. The summed E-state index contributed by atoms with van der Waals surface area (Å²) in [4.78, 5) is 16.5. The van der Waals surface area contributed by atoms with Gasteiger partial charge in [-0.3, -0.25) is 9.69 Å². The number of Topliss-reactive ketones (excluding diaryl/α,β-unsaturated/α-hetero) is 1. The van der Waals surface area contributed by atoms with Crippen LogP contribution in [-0.4, -0.2) is 61.5 Å². The molecule has 2 rings (SSSR count). The Morgan fingerprint density at radius 3 is 2.52 bits per heavy atom. The van der Waals surface area contributed by atoms with Crippen molar-refractivity contribution in [3.8, 4) is 5.75 Å². The third-order valence-corrected chi connectivity index (χ3v) is 3.58. The molecule has 0 aliphatic carbocycles. The number of ether oxygens (including phenoxy) is 1. The van der Waals surface area contributed by atoms with Crippen molar-refractivity contribution < 1.29 is 13.9 Å². The summed E-state index contributed by atoms with van der Waals surface area (Å²) in [5, 5.41) is 0. The van der Waals surface area contributed by atoms with Crippen molar-refractivity contribution >= 4 is 5.78 Å². The molecule has 0 unspecified atom stereocenters. The van der Waals surface area contributed by atoms with Crippen molar-refractivity contribution in [2.75, 3.05) is 39.8 Å². The van der Waals surface area contributed by atoms with Gasteiger partial charge in [-0.2, -0.15) is 0 Å². The molecule has 0 N–H and O–H groups in total. The van der Waals surface area contributed by atoms with Crippen LogP contribution in [0.4, 0.5) is 4.39 Å². The SMILES string of the molecule is CC(C)Oc1ccc(C(=O)CN2CCN(C)CC2)c(F)c1. The molecule has 5 heteroatoms. The van der Waals surface area contributed by atoms with Crippen LogP contribution in [0.1, 0.15) is 24.2 Å². The highest BCUT2D eigenvalue weighted by atomic mass is 19.1. The molecule has 4 nitrogen and oxygen atoms in total. The molecule has 1 aliphatic rings. The minimum Gasteiger partial charge on any atom is -0.491 e. The Labute approximate surface area is 125 Å². The number of rotatable bonds is 5. The second kappa shape index (κ2) is 7.00. The summed E-state index contributed by atoms with van der Waals surface area (Å²) in [6, 6.07) is 4.46. The topological polar surface area (TPSA) is 32.8 Å². The van der Waals surface area contributed by atoms with E-state index in [-0.39, 0.29) is 24.0 Å². The fraction of sp³-hybridized carbons (Fsp3) is 0.562. The van der Waals surface area contributed by atoms with E-state index in [1.54, 1.807) is 6.07 Å². The van der Waals surface area contributed by atoms with E-state index in [9.17, 15) is 9.18 Å². The number of nitrogens with zero attached hydrogens (tertiary/aromatic N) is 2. The maximum absolute atomic E-state index is 14.0. The maximum atomic E-state index is 14.0. The van der Waals surface area contributed by atoms with Crippen LogP contribution in [0.3, 0.4) is 0 Å². The van der Waals surface area contributed by atoms with Crippen LogP contribution < -0.4 is 4.74 Å². The third-order valence-electron chi connectivity index (χ3n) is 3.58. The molecule has 1 fully saturated rings. The second-order valence-corrected chi connectivity index (χ2v) is 5.81. The van der Waals surface area contributed by atoms with Crippen LogP contribution >= 0.6 is 0 Å². The number of carbonyl (C=O) groups is 1. The number of hydrogen-bond donors (Lipinski definition) is 0. The van der Waals surface area contributed by atoms with Gasteiger partial charge >= 0.3 is 0 Å². The van der Waals surface area contributed by atoms with Crippen molar-refractivity contribution in [1.29, 1.82) is 0 Å². The molecule has 0 saturated carbocycles. The van der Waals surface area contributed by atoms with Gasteiger partial charge in [-0.15, -0.1) is 0 Å². The molecule has 0 bridgehead atoms. The smallest absolute Gasteiger partial charge is 0.179 e. The van der Waals surface area contributed by atoms with E-state index in [0.717, 1.165) is 26.2 Å². The molecule has 1 aromatic carbocycles. The van der Waals surface area contributed by atoms with Gasteiger partial charge in [-0.05, 0) is 33.0 Å². The fourth-order valence-electron chi connectivity index (χ4n) is 2.36. The van der Waals surface area contributed by atoms with Crippen LogP contribution in [-0.2, 0) is 0 Å². The van der Waals surface area contributed by atoms with Gasteiger partial charge in [0.15, 0.2) is 5.78 Å². The molecule has 0 aromatic heterocycles. The number of ketones is 1. The van der Waals surface area contributed by atoms with E-state index in [4.69, 9.17) is 4.74 Å². The number of benzene rings is 1. The molecule has 0 atom stereocenters. The second-order valence-electron chi connectivity index (χ2n) is 5.81. The van der Waals surface area contributed by atoms with Crippen molar-refractivity contribution in [3.63, 3.8) is 0 Å². The number of likely N-dealkylation sites (N-methyl/N-ethyl adjacent to an activating group) is 1. The lowest BCUT2D eigenvalue weighted by atomic mass is 10.1. The summed E-state index contributed by atoms with van der Waals surface area (Å²) in [6.45, 7) is 7.61. The highest BCUT2D eigenvalue weighted by Crippen LogP contribution is 2.18. The maximum Gasteiger partial charge on any atom is 0.179 e. The normalized spacial score (nSPS) is 17.2. The number of halogens is 1. The molecule has 21 heavy (non-hydrogen) atoms. The van der Waals surface area contributed by atoms with Crippen LogP contribution in [0.15, 0.2) is 18.2 Å².